The van der Waals surface area contributed by atoms with E-state index in [9.17, 15) is 0 Å². The monoisotopic (exact) mass is 281 g/mol. The normalized spacial score (nSPS) is 14.8. The minimum absolute atomic E-state index is 0.119. The van der Waals surface area contributed by atoms with Gasteiger partial charge in [0.25, 0.3) is 5.89 Å². The van der Waals surface area contributed by atoms with Gasteiger partial charge < -0.3 is 15.0 Å². The number of hydrogen-bond acceptors (Lipinski definition) is 6. The summed E-state index contributed by atoms with van der Waals surface area (Å²) in [6, 6.07) is 0. The Morgan fingerprint density at radius 3 is 2.79 bits per heavy atom. The van der Waals surface area contributed by atoms with Crippen LogP contribution in [0, 0.1) is 6.92 Å². The Hall–Kier alpha value is -1.24. The van der Waals surface area contributed by atoms with Gasteiger partial charge in [0.15, 0.2) is 5.82 Å². The Bertz CT molecular complexity index is 546. The highest BCUT2D eigenvalue weighted by atomic mass is 32.1. The molecule has 0 radical (unpaired) electrons. The number of aromatic nitrogens is 2. The van der Waals surface area contributed by atoms with Gasteiger partial charge in [0, 0.05) is 5.38 Å². The van der Waals surface area contributed by atoms with Crippen LogP contribution in [0.15, 0.2) is 15.3 Å². The van der Waals surface area contributed by atoms with Crippen LogP contribution in [0.3, 0.4) is 0 Å². The van der Waals surface area contributed by atoms with Crippen LogP contribution in [0.25, 0.3) is 11.5 Å². The quantitative estimate of drug-likeness (QED) is 0.912. The van der Waals surface area contributed by atoms with E-state index in [0.29, 0.717) is 18.3 Å². The minimum Gasteiger partial charge on any atom is -0.376 e. The molecule has 1 unspecified atom stereocenters. The van der Waals surface area contributed by atoms with Crippen LogP contribution in [0.5, 0.6) is 0 Å². The first-order valence-corrected chi connectivity index (χ1v) is 7.12. The molecule has 0 aliphatic carbocycles. The minimum atomic E-state index is -0.754. The Balaban J connectivity index is 2.19. The lowest BCUT2D eigenvalue weighted by atomic mass is 10.1. The number of aryl methyl sites for hydroxylation is 1. The maximum absolute atomic E-state index is 6.18. The summed E-state index contributed by atoms with van der Waals surface area (Å²) in [5.41, 5.74) is 7.51. The molecule has 2 N–H and O–H groups in total. The Kier molecular flexibility index (Phi) is 4.03. The number of thiophene rings is 1. The van der Waals surface area contributed by atoms with Crippen molar-refractivity contribution in [2.75, 3.05) is 6.61 Å². The second kappa shape index (κ2) is 5.40. The molecule has 0 bridgehead atoms. The number of hydrogen-bond donors (Lipinski definition) is 1. The average Bonchev–Trinajstić information content (AvgIpc) is 2.94. The molecule has 6 heteroatoms. The average molecular weight is 281 g/mol. The zero-order chi connectivity index (χ0) is 14.0. The van der Waals surface area contributed by atoms with Gasteiger partial charge in [-0.3, -0.25) is 0 Å². The van der Waals surface area contributed by atoms with E-state index in [0.717, 1.165) is 11.1 Å². The molecule has 104 valence electrons. The molecule has 2 aromatic heterocycles. The highest BCUT2D eigenvalue weighted by Gasteiger charge is 2.29. The summed E-state index contributed by atoms with van der Waals surface area (Å²) < 4.78 is 10.8. The van der Waals surface area contributed by atoms with Crippen molar-refractivity contribution in [3.63, 3.8) is 0 Å². The van der Waals surface area contributed by atoms with Crippen molar-refractivity contribution in [2.24, 2.45) is 5.73 Å². The molecular formula is C13H19N3O2S. The smallest absolute Gasteiger partial charge is 0.259 e. The molecule has 0 aromatic carbocycles. The van der Waals surface area contributed by atoms with Gasteiger partial charge in [-0.15, -0.1) is 0 Å². The van der Waals surface area contributed by atoms with E-state index in [2.05, 4.69) is 10.1 Å². The number of ether oxygens (including phenoxy) is 1. The van der Waals surface area contributed by atoms with Crippen LogP contribution in [-0.2, 0) is 10.3 Å². The van der Waals surface area contributed by atoms with E-state index in [1.807, 2.05) is 38.5 Å². The molecule has 0 fully saturated rings. The van der Waals surface area contributed by atoms with Crippen LogP contribution in [0.2, 0.25) is 0 Å². The van der Waals surface area contributed by atoms with Crippen LogP contribution in [0.4, 0.5) is 0 Å². The molecule has 5 nitrogen and oxygen atoms in total. The van der Waals surface area contributed by atoms with Crippen molar-refractivity contribution in [2.45, 2.75) is 39.3 Å². The van der Waals surface area contributed by atoms with Gasteiger partial charge in [0.1, 0.15) is 5.54 Å². The van der Waals surface area contributed by atoms with E-state index < -0.39 is 5.54 Å². The standard InChI is InChI=1S/C13H19N3O2S/c1-8(2)17-7-13(4,14)12-15-11(18-16-12)10-6-19-5-9(10)3/h5-6,8H,7,14H2,1-4H3. The van der Waals surface area contributed by atoms with E-state index in [1.165, 1.54) is 0 Å². The summed E-state index contributed by atoms with van der Waals surface area (Å²) in [7, 11) is 0. The number of nitrogens with zero attached hydrogens (tertiary/aromatic N) is 2. The summed E-state index contributed by atoms with van der Waals surface area (Å²) in [6.07, 6.45) is 0.119. The molecule has 2 rings (SSSR count). The fourth-order valence-electron chi connectivity index (χ4n) is 1.55. The van der Waals surface area contributed by atoms with Gasteiger partial charge >= 0.3 is 0 Å². The molecule has 0 aliphatic heterocycles. The Morgan fingerprint density at radius 1 is 1.47 bits per heavy atom. The SMILES string of the molecule is Cc1cscc1-c1nc(C(C)(N)COC(C)C)no1. The van der Waals surface area contributed by atoms with Gasteiger partial charge in [-0.25, -0.2) is 0 Å². The first-order valence-electron chi connectivity index (χ1n) is 6.18. The van der Waals surface area contributed by atoms with Gasteiger partial charge in [0.05, 0.1) is 18.3 Å². The Labute approximate surface area is 116 Å². The zero-order valence-corrected chi connectivity index (χ0v) is 12.5. The topological polar surface area (TPSA) is 74.2 Å². The van der Waals surface area contributed by atoms with Crippen molar-refractivity contribution < 1.29 is 9.26 Å². The maximum atomic E-state index is 6.18. The van der Waals surface area contributed by atoms with Crippen LogP contribution < -0.4 is 5.73 Å². The number of rotatable bonds is 5. The summed E-state index contributed by atoms with van der Waals surface area (Å²) in [6.45, 7) is 8.13. The lowest BCUT2D eigenvalue weighted by Crippen LogP contribution is -2.40. The summed E-state index contributed by atoms with van der Waals surface area (Å²) in [5.74, 6) is 0.976. The highest BCUT2D eigenvalue weighted by molar-refractivity contribution is 7.08. The molecule has 0 saturated heterocycles. The predicted molar refractivity (Wildman–Crippen MR) is 75.0 cm³/mol. The van der Waals surface area contributed by atoms with Crippen LogP contribution in [-0.4, -0.2) is 22.9 Å². The van der Waals surface area contributed by atoms with Gasteiger partial charge in [-0.2, -0.15) is 16.3 Å². The maximum Gasteiger partial charge on any atom is 0.259 e. The van der Waals surface area contributed by atoms with E-state index in [1.54, 1.807) is 11.3 Å². The molecule has 1 atom stereocenters. The van der Waals surface area contributed by atoms with E-state index >= 15 is 0 Å². The van der Waals surface area contributed by atoms with Gasteiger partial charge in [-0.05, 0) is 38.6 Å². The zero-order valence-electron chi connectivity index (χ0n) is 11.6. The summed E-state index contributed by atoms with van der Waals surface area (Å²) in [5, 5.41) is 8.01. The van der Waals surface area contributed by atoms with E-state index in [4.69, 9.17) is 15.0 Å². The fourth-order valence-corrected chi connectivity index (χ4v) is 2.37. The summed E-state index contributed by atoms with van der Waals surface area (Å²) in [4.78, 5) is 4.39. The molecular weight excluding hydrogens is 262 g/mol. The molecule has 19 heavy (non-hydrogen) atoms. The first-order chi connectivity index (χ1) is 8.90. The van der Waals surface area contributed by atoms with Crippen molar-refractivity contribution in [3.8, 4) is 11.5 Å². The van der Waals surface area contributed by atoms with Crippen molar-refractivity contribution in [3.05, 3.63) is 22.1 Å². The predicted octanol–water partition coefficient (Wildman–Crippen LogP) is 2.71. The highest BCUT2D eigenvalue weighted by Crippen LogP contribution is 2.27. The largest absolute Gasteiger partial charge is 0.376 e. The molecule has 0 spiro atoms. The second-order valence-corrected chi connectivity index (χ2v) is 5.91. The molecule has 2 aromatic rings. The fraction of sp³-hybridized carbons (Fsp3) is 0.538. The van der Waals surface area contributed by atoms with Gasteiger partial charge in [0.2, 0.25) is 0 Å². The Morgan fingerprint density at radius 2 is 2.21 bits per heavy atom. The van der Waals surface area contributed by atoms with Crippen LogP contribution in [0.1, 0.15) is 32.2 Å². The van der Waals surface area contributed by atoms with Crippen molar-refractivity contribution >= 4 is 11.3 Å². The van der Waals surface area contributed by atoms with Gasteiger partial charge in [-0.1, -0.05) is 5.16 Å². The third-order valence-electron chi connectivity index (χ3n) is 2.74. The lowest BCUT2D eigenvalue weighted by Gasteiger charge is -2.21. The molecule has 0 amide bonds. The van der Waals surface area contributed by atoms with Crippen molar-refractivity contribution in [1.29, 1.82) is 0 Å². The second-order valence-electron chi connectivity index (χ2n) is 5.17. The number of nitrogens with two attached hydrogens (primary N) is 1. The molecule has 2 heterocycles. The lowest BCUT2D eigenvalue weighted by molar-refractivity contribution is 0.0410. The van der Waals surface area contributed by atoms with Crippen LogP contribution >= 0.6 is 11.3 Å². The van der Waals surface area contributed by atoms with E-state index in [-0.39, 0.29) is 6.10 Å². The summed E-state index contributed by atoms with van der Waals surface area (Å²) >= 11 is 1.61. The molecule has 0 aliphatic rings. The molecule has 0 saturated carbocycles. The third-order valence-corrected chi connectivity index (χ3v) is 3.60. The first kappa shape index (κ1) is 14.2. The van der Waals surface area contributed by atoms with Crippen molar-refractivity contribution in [1.82, 2.24) is 10.1 Å². The third kappa shape index (κ3) is 3.20.